The molecule has 1 aromatic carbocycles. The van der Waals surface area contributed by atoms with Crippen LogP contribution in [0.4, 0.5) is 0 Å². The number of amides is 1. The highest BCUT2D eigenvalue weighted by Crippen LogP contribution is 2.28. The Hall–Kier alpha value is -3.00. The number of nitrogens with zero attached hydrogens (tertiary/aromatic N) is 2. The summed E-state index contributed by atoms with van der Waals surface area (Å²) in [5.41, 5.74) is 13.4. The topological polar surface area (TPSA) is 107 Å². The van der Waals surface area contributed by atoms with Gasteiger partial charge in [-0.15, -0.1) is 0 Å². The number of H-pyrrole nitrogens is 1. The Morgan fingerprint density at radius 3 is 2.97 bits per heavy atom. The number of likely N-dealkylation sites (tertiary alicyclic amines) is 1. The Balaban J connectivity index is 1.47. The van der Waals surface area contributed by atoms with Crippen LogP contribution in [-0.2, 0) is 17.8 Å². The van der Waals surface area contributed by atoms with Gasteiger partial charge in [0.05, 0.1) is 5.69 Å². The molecule has 7 heteroatoms. The Kier molecular flexibility index (Phi) is 5.94. The van der Waals surface area contributed by atoms with Gasteiger partial charge in [0.1, 0.15) is 0 Å². The lowest BCUT2D eigenvalue weighted by Crippen LogP contribution is -2.32. The molecular weight excluding hydrogens is 378 g/mol. The molecule has 0 bridgehead atoms. The summed E-state index contributed by atoms with van der Waals surface area (Å²) in [7, 11) is 0. The molecule has 7 nitrogen and oxygen atoms in total. The second-order valence-corrected chi connectivity index (χ2v) is 7.95. The van der Waals surface area contributed by atoms with Crippen molar-refractivity contribution >= 4 is 22.9 Å². The molecule has 5 N–H and O–H groups in total. The predicted octanol–water partition coefficient (Wildman–Crippen LogP) is 2.53. The third kappa shape index (κ3) is 4.43. The van der Waals surface area contributed by atoms with Gasteiger partial charge < -0.3 is 10.7 Å². The number of aryl methyl sites for hydroxylation is 1. The number of aromatic nitrogens is 2. The van der Waals surface area contributed by atoms with Crippen LogP contribution in [0.25, 0.3) is 17.0 Å². The van der Waals surface area contributed by atoms with E-state index in [9.17, 15) is 4.79 Å². The van der Waals surface area contributed by atoms with Crippen molar-refractivity contribution in [2.24, 2.45) is 5.73 Å². The summed E-state index contributed by atoms with van der Waals surface area (Å²) >= 11 is 0. The fourth-order valence-electron chi connectivity index (χ4n) is 4.31. The number of benzene rings is 1. The van der Waals surface area contributed by atoms with E-state index in [0.29, 0.717) is 6.04 Å². The number of nitrogens with one attached hydrogen (secondary N) is 2. The largest absolute Gasteiger partial charge is 0.358 e. The van der Waals surface area contributed by atoms with E-state index < -0.39 is 5.91 Å². The van der Waals surface area contributed by atoms with E-state index in [1.165, 1.54) is 28.2 Å². The summed E-state index contributed by atoms with van der Waals surface area (Å²) in [4.78, 5) is 21.5. The van der Waals surface area contributed by atoms with Crippen molar-refractivity contribution < 1.29 is 10.0 Å². The van der Waals surface area contributed by atoms with Crippen molar-refractivity contribution in [2.75, 3.05) is 6.54 Å². The molecule has 4 rings (SSSR count). The van der Waals surface area contributed by atoms with Crippen molar-refractivity contribution in [1.29, 1.82) is 0 Å². The Morgan fingerprint density at radius 1 is 1.37 bits per heavy atom. The molecule has 2 aromatic heterocycles. The number of hydroxylamine groups is 1. The van der Waals surface area contributed by atoms with Crippen molar-refractivity contribution in [3.8, 4) is 0 Å². The summed E-state index contributed by atoms with van der Waals surface area (Å²) < 4.78 is 0. The highest BCUT2D eigenvalue weighted by Gasteiger charge is 2.31. The molecule has 2 atom stereocenters. The summed E-state index contributed by atoms with van der Waals surface area (Å²) in [6.45, 7) is 3.73. The van der Waals surface area contributed by atoms with Crippen LogP contribution in [0, 0.1) is 6.92 Å². The number of fused-ring (bicyclic) bond motifs is 1. The van der Waals surface area contributed by atoms with Crippen molar-refractivity contribution in [2.45, 2.75) is 38.4 Å². The first kappa shape index (κ1) is 20.3. The second-order valence-electron chi connectivity index (χ2n) is 7.95. The third-order valence-electron chi connectivity index (χ3n) is 5.78. The summed E-state index contributed by atoms with van der Waals surface area (Å²) in [6.07, 6.45) is 6.52. The summed E-state index contributed by atoms with van der Waals surface area (Å²) in [6, 6.07) is 12.9. The standard InChI is InChI=1S/C23H27N5O2/c1-15-21(20-4-2-3-5-22(20)26-15)11-19-10-17(24)13-28(19)14-18-8-6-16(12-25-18)7-9-23(29)27-30/h2-9,12,17,19,26,30H,10-11,13-14,24H2,1H3,(H,27,29)/b9-7+/t17-,19+/m0/s1. The molecule has 0 spiro atoms. The first-order valence-electron chi connectivity index (χ1n) is 10.2. The molecule has 0 aliphatic carbocycles. The lowest BCUT2D eigenvalue weighted by atomic mass is 10.00. The Labute approximate surface area is 175 Å². The van der Waals surface area contributed by atoms with Crippen LogP contribution in [0.15, 0.2) is 48.7 Å². The number of pyridine rings is 1. The van der Waals surface area contributed by atoms with Crippen LogP contribution in [-0.4, -0.2) is 44.6 Å². The molecule has 0 radical (unpaired) electrons. The van der Waals surface area contributed by atoms with Crippen molar-refractivity contribution in [1.82, 2.24) is 20.3 Å². The minimum absolute atomic E-state index is 0.166. The maximum Gasteiger partial charge on any atom is 0.267 e. The van der Waals surface area contributed by atoms with Crippen LogP contribution in [0.3, 0.4) is 0 Å². The number of rotatable bonds is 6. The number of hydrogen-bond donors (Lipinski definition) is 4. The van der Waals surface area contributed by atoms with Crippen LogP contribution in [0.5, 0.6) is 0 Å². The van der Waals surface area contributed by atoms with E-state index in [4.69, 9.17) is 10.9 Å². The molecule has 1 fully saturated rings. The van der Waals surface area contributed by atoms with Crippen LogP contribution < -0.4 is 11.2 Å². The molecule has 1 saturated heterocycles. The zero-order valence-electron chi connectivity index (χ0n) is 17.0. The van der Waals surface area contributed by atoms with Gasteiger partial charge >= 0.3 is 0 Å². The molecule has 1 amide bonds. The minimum atomic E-state index is -0.569. The van der Waals surface area contributed by atoms with E-state index >= 15 is 0 Å². The first-order valence-corrected chi connectivity index (χ1v) is 10.2. The third-order valence-corrected chi connectivity index (χ3v) is 5.78. The quantitative estimate of drug-likeness (QED) is 0.286. The fourth-order valence-corrected chi connectivity index (χ4v) is 4.31. The molecule has 0 unspecified atom stereocenters. The van der Waals surface area contributed by atoms with E-state index in [0.717, 1.165) is 37.2 Å². The Bertz CT molecular complexity index is 1060. The molecule has 1 aliphatic rings. The summed E-state index contributed by atoms with van der Waals surface area (Å²) in [5.74, 6) is -0.569. The second kappa shape index (κ2) is 8.79. The van der Waals surface area contributed by atoms with Crippen LogP contribution in [0.2, 0.25) is 0 Å². The van der Waals surface area contributed by atoms with Gasteiger partial charge in [0.25, 0.3) is 5.91 Å². The maximum atomic E-state index is 11.1. The highest BCUT2D eigenvalue weighted by molar-refractivity contribution is 5.90. The fraction of sp³-hybridized carbons (Fsp3) is 0.304. The van der Waals surface area contributed by atoms with Gasteiger partial charge in [0.2, 0.25) is 0 Å². The average molecular weight is 406 g/mol. The van der Waals surface area contributed by atoms with Crippen molar-refractivity contribution in [3.63, 3.8) is 0 Å². The zero-order chi connectivity index (χ0) is 21.1. The molecule has 156 valence electrons. The van der Waals surface area contributed by atoms with E-state index in [1.807, 2.05) is 12.1 Å². The van der Waals surface area contributed by atoms with Crippen LogP contribution >= 0.6 is 0 Å². The normalized spacial score (nSPS) is 19.7. The SMILES string of the molecule is Cc1[nH]c2ccccc2c1C[C@H]1C[C@H](N)CN1Cc1ccc(/C=C/C(=O)NO)cn1. The maximum absolute atomic E-state index is 11.1. The molecule has 3 aromatic rings. The van der Waals surface area contributed by atoms with Crippen molar-refractivity contribution in [3.05, 3.63) is 71.2 Å². The number of carbonyl (C=O) groups excluding carboxylic acids is 1. The van der Waals surface area contributed by atoms with Gasteiger partial charge in [-0.25, -0.2) is 5.48 Å². The average Bonchev–Trinajstić information content (AvgIpc) is 3.26. The smallest absolute Gasteiger partial charge is 0.267 e. The first-order chi connectivity index (χ1) is 14.5. The number of para-hydroxylation sites is 1. The monoisotopic (exact) mass is 405 g/mol. The lowest BCUT2D eigenvalue weighted by molar-refractivity contribution is -0.124. The van der Waals surface area contributed by atoms with Gasteiger partial charge in [-0.2, -0.15) is 0 Å². The summed E-state index contributed by atoms with van der Waals surface area (Å²) in [5, 5.41) is 9.83. The lowest BCUT2D eigenvalue weighted by Gasteiger charge is -2.24. The van der Waals surface area contributed by atoms with E-state index in [-0.39, 0.29) is 6.04 Å². The van der Waals surface area contributed by atoms with Gasteiger partial charge in [-0.05, 0) is 49.1 Å². The van der Waals surface area contributed by atoms with E-state index in [2.05, 4.69) is 46.1 Å². The highest BCUT2D eigenvalue weighted by atomic mass is 16.5. The molecule has 0 saturated carbocycles. The molecule has 3 heterocycles. The number of nitrogens with two attached hydrogens (primary N) is 1. The molecular formula is C23H27N5O2. The number of carbonyl (C=O) groups is 1. The van der Waals surface area contributed by atoms with Gasteiger partial charge in [-0.1, -0.05) is 24.3 Å². The van der Waals surface area contributed by atoms with Gasteiger partial charge in [0, 0.05) is 54.0 Å². The van der Waals surface area contributed by atoms with Gasteiger partial charge in [0.15, 0.2) is 0 Å². The van der Waals surface area contributed by atoms with E-state index in [1.54, 1.807) is 17.8 Å². The van der Waals surface area contributed by atoms with Crippen LogP contribution in [0.1, 0.15) is 28.9 Å². The number of aromatic amines is 1. The minimum Gasteiger partial charge on any atom is -0.358 e. The Morgan fingerprint density at radius 2 is 2.20 bits per heavy atom. The zero-order valence-corrected chi connectivity index (χ0v) is 17.0. The molecule has 1 aliphatic heterocycles. The predicted molar refractivity (Wildman–Crippen MR) is 117 cm³/mol. The van der Waals surface area contributed by atoms with Gasteiger partial charge in [-0.3, -0.25) is 19.9 Å². The number of hydrogen-bond acceptors (Lipinski definition) is 5. The molecule has 30 heavy (non-hydrogen) atoms.